The molecule has 0 spiro atoms. The summed E-state index contributed by atoms with van der Waals surface area (Å²) in [5, 5.41) is 14.1. The van der Waals surface area contributed by atoms with Crippen LogP contribution in [0.25, 0.3) is 187 Å². The van der Waals surface area contributed by atoms with Crippen molar-refractivity contribution in [1.82, 2.24) is 0 Å². The van der Waals surface area contributed by atoms with Crippen molar-refractivity contribution in [3.05, 3.63) is 328 Å². The van der Waals surface area contributed by atoms with E-state index in [9.17, 15) is 0 Å². The van der Waals surface area contributed by atoms with Crippen LogP contribution in [0, 0.1) is 0 Å². The third-order valence-electron chi connectivity index (χ3n) is 18.7. The van der Waals surface area contributed by atoms with Crippen LogP contribution in [0.1, 0.15) is 0 Å². The number of rotatable bonds is 9. The Balaban J connectivity index is 0.749. The summed E-state index contributed by atoms with van der Waals surface area (Å²) in [5.41, 5.74) is 24.7. The molecule has 2 heteroatoms. The third-order valence-corrected chi connectivity index (χ3v) is 18.7. The maximum atomic E-state index is 6.72. The molecule has 0 aliphatic carbocycles. The second kappa shape index (κ2) is 21.0. The number of hydrogen-bond acceptors (Lipinski definition) is 2. The van der Waals surface area contributed by atoms with E-state index >= 15 is 0 Å². The fourth-order valence-corrected chi connectivity index (χ4v) is 14.5. The van der Waals surface area contributed by atoms with E-state index in [-0.39, 0.29) is 0 Å². The van der Waals surface area contributed by atoms with Crippen LogP contribution in [0.4, 0.5) is 0 Å². The Morgan fingerprint density at radius 1 is 0.144 bits per heavy atom. The number of furan rings is 2. The largest absolute Gasteiger partial charge is 0.456 e. The minimum absolute atomic E-state index is 0.869. The molecule has 0 radical (unpaired) electrons. The van der Waals surface area contributed by atoms with Gasteiger partial charge in [0.2, 0.25) is 0 Å². The van der Waals surface area contributed by atoms with E-state index in [1.165, 1.54) is 93.2 Å². The highest BCUT2D eigenvalue weighted by molar-refractivity contribution is 6.25. The SMILES string of the molecule is c1ccc(-c2ccc(-c3ccc4oc5ccc(-c6c7ccccc7c(-c7ccccc7)c7ccc(-c8cccc(-c9cccc(-c%10cccc%11oc%12ccc(-c%13c%14ccccc%14c(-c%14ccccc%14)c%14ccccc%13%14)cc%12c%10%11)c9)c8)cc67)cc5c4c3)cc2)cc1. The molecule has 0 bridgehead atoms. The zero-order valence-corrected chi connectivity index (χ0v) is 49.0. The summed E-state index contributed by atoms with van der Waals surface area (Å²) >= 11 is 0. The lowest BCUT2D eigenvalue weighted by Gasteiger charge is -2.19. The highest BCUT2D eigenvalue weighted by atomic mass is 16.3. The molecule has 0 amide bonds. The summed E-state index contributed by atoms with van der Waals surface area (Å²) in [7, 11) is 0. The molecule has 0 N–H and O–H groups in total. The van der Waals surface area contributed by atoms with E-state index in [4.69, 9.17) is 8.83 Å². The van der Waals surface area contributed by atoms with Gasteiger partial charge in [-0.1, -0.05) is 267 Å². The summed E-state index contributed by atoms with van der Waals surface area (Å²) in [6, 6.07) is 120. The summed E-state index contributed by atoms with van der Waals surface area (Å²) < 4.78 is 13.3. The van der Waals surface area contributed by atoms with Gasteiger partial charge in [-0.15, -0.1) is 0 Å². The number of hydrogen-bond donors (Lipinski definition) is 0. The van der Waals surface area contributed by atoms with Crippen LogP contribution >= 0.6 is 0 Å². The van der Waals surface area contributed by atoms with Gasteiger partial charge >= 0.3 is 0 Å². The molecule has 0 fully saturated rings. The second-order valence-electron chi connectivity index (χ2n) is 23.7. The van der Waals surface area contributed by atoms with E-state index in [1.807, 2.05) is 0 Å². The van der Waals surface area contributed by atoms with Crippen molar-refractivity contribution in [3.63, 3.8) is 0 Å². The van der Waals surface area contributed by atoms with Crippen LogP contribution in [0.15, 0.2) is 336 Å². The molecule has 0 saturated carbocycles. The predicted molar refractivity (Wildman–Crippen MR) is 380 cm³/mol. The zero-order valence-electron chi connectivity index (χ0n) is 49.0. The average Bonchev–Trinajstić information content (AvgIpc) is 1.04. The molecule has 0 unspecified atom stereocenters. The molecule has 0 atom stereocenters. The predicted octanol–water partition coefficient (Wildman–Crippen LogP) is 25.1. The van der Waals surface area contributed by atoms with Crippen molar-refractivity contribution in [2.45, 2.75) is 0 Å². The molecular weight excluding hydrogens is 1090 g/mol. The summed E-state index contributed by atoms with van der Waals surface area (Å²) in [5.74, 6) is 0. The van der Waals surface area contributed by atoms with Crippen LogP contribution in [0.5, 0.6) is 0 Å². The van der Waals surface area contributed by atoms with Gasteiger partial charge in [-0.25, -0.2) is 0 Å². The van der Waals surface area contributed by atoms with E-state index in [1.54, 1.807) is 0 Å². The molecule has 418 valence electrons. The Morgan fingerprint density at radius 3 is 0.978 bits per heavy atom. The first-order valence-electron chi connectivity index (χ1n) is 30.9. The van der Waals surface area contributed by atoms with Crippen molar-refractivity contribution in [1.29, 1.82) is 0 Å². The molecule has 18 rings (SSSR count). The van der Waals surface area contributed by atoms with Crippen LogP contribution in [0.2, 0.25) is 0 Å². The van der Waals surface area contributed by atoms with Gasteiger partial charge in [-0.3, -0.25) is 0 Å². The second-order valence-corrected chi connectivity index (χ2v) is 23.7. The zero-order chi connectivity index (χ0) is 59.2. The lowest BCUT2D eigenvalue weighted by Crippen LogP contribution is -1.92. The van der Waals surface area contributed by atoms with Gasteiger partial charge in [0.1, 0.15) is 22.3 Å². The molecule has 2 aromatic heterocycles. The molecular formula is C88H54O2. The fourth-order valence-electron chi connectivity index (χ4n) is 14.5. The first-order chi connectivity index (χ1) is 44.6. The van der Waals surface area contributed by atoms with Crippen LogP contribution in [-0.4, -0.2) is 0 Å². The topological polar surface area (TPSA) is 26.3 Å². The molecule has 16 aromatic carbocycles. The Morgan fingerprint density at radius 2 is 0.444 bits per heavy atom. The lowest BCUT2D eigenvalue weighted by molar-refractivity contribution is 0.668. The molecule has 18 aromatic rings. The van der Waals surface area contributed by atoms with Crippen molar-refractivity contribution >= 4 is 87.0 Å². The van der Waals surface area contributed by atoms with Gasteiger partial charge < -0.3 is 8.83 Å². The molecule has 2 nitrogen and oxygen atoms in total. The molecule has 0 aliphatic heterocycles. The molecule has 0 aliphatic rings. The molecule has 90 heavy (non-hydrogen) atoms. The van der Waals surface area contributed by atoms with E-state index in [0.29, 0.717) is 0 Å². The molecule has 0 saturated heterocycles. The van der Waals surface area contributed by atoms with Crippen LogP contribution in [-0.2, 0) is 0 Å². The highest BCUT2D eigenvalue weighted by Gasteiger charge is 2.22. The average molecular weight is 1140 g/mol. The van der Waals surface area contributed by atoms with Gasteiger partial charge in [-0.05, 0) is 204 Å². The summed E-state index contributed by atoms with van der Waals surface area (Å²) in [4.78, 5) is 0. The number of benzene rings is 16. The van der Waals surface area contributed by atoms with Crippen molar-refractivity contribution in [3.8, 4) is 100 Å². The highest BCUT2D eigenvalue weighted by Crippen LogP contribution is 2.49. The molecule has 2 heterocycles. The maximum absolute atomic E-state index is 6.72. The fraction of sp³-hybridized carbons (Fsp3) is 0. The quantitative estimate of drug-likeness (QED) is 0.135. The standard InChI is InChI=1S/C88H54O2/c1-4-19-55(20-5-1)56-37-39-57(40-38-56)63-42-46-80-76(51-63)77-53-66(43-47-81(77)89-80)87-74-34-15-12-31-71(74)85(59-23-8-3-9-24-59)75-45-41-64(52-78(75)87)61-26-16-25-60(49-61)62-27-17-28-65(50-62)68-35-18-36-83-88(68)79-54-67(44-48-82(79)90-83)86-72-32-13-10-29-69(72)84(58-21-6-2-7-22-58)70-30-11-14-33-73(70)86/h1-54H. The maximum Gasteiger partial charge on any atom is 0.136 e. The van der Waals surface area contributed by atoms with Gasteiger partial charge in [0, 0.05) is 21.5 Å². The first kappa shape index (κ1) is 51.4. The van der Waals surface area contributed by atoms with Gasteiger partial charge in [0.25, 0.3) is 0 Å². The van der Waals surface area contributed by atoms with E-state index in [2.05, 4.69) is 328 Å². The first-order valence-corrected chi connectivity index (χ1v) is 30.9. The van der Waals surface area contributed by atoms with Crippen LogP contribution in [0.3, 0.4) is 0 Å². The number of fused-ring (bicyclic) bond motifs is 10. The normalized spacial score (nSPS) is 11.8. The Bertz CT molecular complexity index is 5810. The summed E-state index contributed by atoms with van der Waals surface area (Å²) in [6.07, 6.45) is 0. The Kier molecular flexibility index (Phi) is 12.0. The summed E-state index contributed by atoms with van der Waals surface area (Å²) in [6.45, 7) is 0. The van der Waals surface area contributed by atoms with E-state index in [0.717, 1.165) is 93.9 Å². The third kappa shape index (κ3) is 8.49. The van der Waals surface area contributed by atoms with Gasteiger partial charge in [0.05, 0.1) is 0 Å². The minimum Gasteiger partial charge on any atom is -0.456 e. The Labute approximate surface area is 520 Å². The lowest BCUT2D eigenvalue weighted by atomic mass is 9.84. The van der Waals surface area contributed by atoms with Gasteiger partial charge in [0.15, 0.2) is 0 Å². The van der Waals surface area contributed by atoms with E-state index < -0.39 is 0 Å². The van der Waals surface area contributed by atoms with Crippen molar-refractivity contribution in [2.75, 3.05) is 0 Å². The smallest absolute Gasteiger partial charge is 0.136 e. The van der Waals surface area contributed by atoms with Gasteiger partial charge in [-0.2, -0.15) is 0 Å². The van der Waals surface area contributed by atoms with Crippen molar-refractivity contribution < 1.29 is 8.83 Å². The minimum atomic E-state index is 0.869. The Hall–Kier alpha value is -11.8. The van der Waals surface area contributed by atoms with Crippen molar-refractivity contribution in [2.24, 2.45) is 0 Å². The van der Waals surface area contributed by atoms with Crippen LogP contribution < -0.4 is 0 Å². The monoisotopic (exact) mass is 1140 g/mol.